The molecule has 1 N–H and O–H groups in total. The summed E-state index contributed by atoms with van der Waals surface area (Å²) in [4.78, 5) is 29.9. The molecule has 0 unspecified atom stereocenters. The summed E-state index contributed by atoms with van der Waals surface area (Å²) < 4.78 is 3.36. The number of rotatable bonds is 8. The van der Waals surface area contributed by atoms with Crippen LogP contribution in [0.25, 0.3) is 16.7 Å². The molecule has 0 atom stereocenters. The number of hydrogen-bond acceptors (Lipinski definition) is 6. The van der Waals surface area contributed by atoms with Crippen LogP contribution >= 0.6 is 11.6 Å². The van der Waals surface area contributed by atoms with Crippen molar-refractivity contribution in [2.24, 2.45) is 7.05 Å². The predicted molar refractivity (Wildman–Crippen MR) is 142 cm³/mol. The zero-order chi connectivity index (χ0) is 25.1. The highest BCUT2D eigenvalue weighted by atomic mass is 35.5. The van der Waals surface area contributed by atoms with Crippen LogP contribution in [0, 0.1) is 0 Å². The Bertz CT molecular complexity index is 1440. The van der Waals surface area contributed by atoms with Gasteiger partial charge in [0.25, 0.3) is 5.56 Å². The number of nitrogens with zero attached hydrogens (tertiary/aromatic N) is 6. The van der Waals surface area contributed by atoms with Crippen molar-refractivity contribution in [3.63, 3.8) is 0 Å². The lowest BCUT2D eigenvalue weighted by Gasteiger charge is -2.36. The summed E-state index contributed by atoms with van der Waals surface area (Å²) in [5.41, 5.74) is 1.82. The van der Waals surface area contributed by atoms with Crippen LogP contribution in [0.1, 0.15) is 18.7 Å². The first-order valence-corrected chi connectivity index (χ1v) is 12.7. The Kier molecular flexibility index (Phi) is 7.20. The van der Waals surface area contributed by atoms with Gasteiger partial charge in [-0.3, -0.25) is 23.5 Å². The quantitative estimate of drug-likeness (QED) is 0.369. The van der Waals surface area contributed by atoms with E-state index in [1.54, 1.807) is 13.1 Å². The van der Waals surface area contributed by atoms with Crippen LogP contribution in [0.4, 0.5) is 5.69 Å². The van der Waals surface area contributed by atoms with Gasteiger partial charge in [-0.15, -0.1) is 10.2 Å². The van der Waals surface area contributed by atoms with Crippen molar-refractivity contribution in [1.29, 1.82) is 0 Å². The Morgan fingerprint density at radius 2 is 1.86 bits per heavy atom. The first kappa shape index (κ1) is 24.3. The van der Waals surface area contributed by atoms with Crippen LogP contribution in [-0.4, -0.2) is 69.2 Å². The second kappa shape index (κ2) is 10.7. The molecule has 9 nitrogen and oxygen atoms in total. The fourth-order valence-electron chi connectivity index (χ4n) is 4.80. The summed E-state index contributed by atoms with van der Waals surface area (Å²) in [6, 6.07) is 15.4. The highest BCUT2D eigenvalue weighted by molar-refractivity contribution is 6.30. The van der Waals surface area contributed by atoms with Gasteiger partial charge in [0.1, 0.15) is 5.82 Å². The lowest BCUT2D eigenvalue weighted by atomic mass is 10.2. The summed E-state index contributed by atoms with van der Waals surface area (Å²) >= 11 is 6.12. The third-order valence-corrected chi connectivity index (χ3v) is 7.02. The SMILES string of the molecule is Cn1c(=O)c2ccccc2n2c(CCC(=O)NCCCN3CCN(c4cccc(Cl)c4)CC3)nnc12. The first-order valence-electron chi connectivity index (χ1n) is 12.3. The van der Waals surface area contributed by atoms with Gasteiger partial charge < -0.3 is 10.2 Å². The van der Waals surface area contributed by atoms with Gasteiger partial charge in [0.05, 0.1) is 10.9 Å². The molecule has 0 radical (unpaired) electrons. The lowest BCUT2D eigenvalue weighted by molar-refractivity contribution is -0.121. The summed E-state index contributed by atoms with van der Waals surface area (Å²) in [7, 11) is 1.69. The number of aromatic nitrogens is 4. The largest absolute Gasteiger partial charge is 0.369 e. The number of nitrogens with one attached hydrogen (secondary N) is 1. The molecule has 0 aliphatic carbocycles. The normalized spacial score (nSPS) is 14.6. The average molecular weight is 508 g/mol. The molecule has 0 spiro atoms. The van der Waals surface area contributed by atoms with E-state index in [0.29, 0.717) is 36.4 Å². The number of para-hydroxylation sites is 1. The molecule has 2 aromatic heterocycles. The van der Waals surface area contributed by atoms with E-state index in [0.717, 1.165) is 49.7 Å². The number of hydrogen-bond donors (Lipinski definition) is 1. The molecule has 5 rings (SSSR count). The van der Waals surface area contributed by atoms with Crippen molar-refractivity contribution in [1.82, 2.24) is 29.4 Å². The second-order valence-corrected chi connectivity index (χ2v) is 9.58. The van der Waals surface area contributed by atoms with Gasteiger partial charge in [-0.05, 0) is 43.3 Å². The molecule has 0 saturated carbocycles. The van der Waals surface area contributed by atoms with E-state index >= 15 is 0 Å². The van der Waals surface area contributed by atoms with Gasteiger partial charge in [0.2, 0.25) is 11.7 Å². The monoisotopic (exact) mass is 507 g/mol. The number of halogens is 1. The molecule has 4 aromatic rings. The summed E-state index contributed by atoms with van der Waals surface area (Å²) in [6.07, 6.45) is 1.67. The van der Waals surface area contributed by atoms with E-state index in [-0.39, 0.29) is 11.5 Å². The van der Waals surface area contributed by atoms with E-state index in [2.05, 4.69) is 31.4 Å². The van der Waals surface area contributed by atoms with Crippen LogP contribution in [-0.2, 0) is 18.3 Å². The van der Waals surface area contributed by atoms with Gasteiger partial charge in [0.15, 0.2) is 0 Å². The smallest absolute Gasteiger partial charge is 0.262 e. The molecular formula is C26H30ClN7O2. The van der Waals surface area contributed by atoms with E-state index in [1.807, 2.05) is 40.8 Å². The van der Waals surface area contributed by atoms with Crippen molar-refractivity contribution < 1.29 is 4.79 Å². The van der Waals surface area contributed by atoms with Crippen LogP contribution in [0.15, 0.2) is 53.3 Å². The van der Waals surface area contributed by atoms with Crippen LogP contribution in [0.2, 0.25) is 5.02 Å². The molecule has 2 aromatic carbocycles. The number of aryl methyl sites for hydroxylation is 2. The van der Waals surface area contributed by atoms with Crippen LogP contribution in [0.3, 0.4) is 0 Å². The Morgan fingerprint density at radius 3 is 2.67 bits per heavy atom. The standard InChI is InChI=1S/C26H30ClN7O2/c1-31-25(36)21-8-2-3-9-22(21)34-23(29-30-26(31)34)10-11-24(35)28-12-5-13-32-14-16-33(17-15-32)20-7-4-6-19(27)18-20/h2-4,6-9,18H,5,10-17H2,1H3,(H,28,35). The van der Waals surface area contributed by atoms with E-state index in [9.17, 15) is 9.59 Å². The number of piperazine rings is 1. The first-order chi connectivity index (χ1) is 17.5. The molecular weight excluding hydrogens is 478 g/mol. The minimum atomic E-state index is -0.110. The maximum Gasteiger partial charge on any atom is 0.262 e. The van der Waals surface area contributed by atoms with Crippen molar-refractivity contribution in [2.75, 3.05) is 44.2 Å². The molecule has 10 heteroatoms. The van der Waals surface area contributed by atoms with Crippen molar-refractivity contribution in [3.8, 4) is 0 Å². The third-order valence-electron chi connectivity index (χ3n) is 6.79. The van der Waals surface area contributed by atoms with Crippen molar-refractivity contribution >= 4 is 39.9 Å². The molecule has 3 heterocycles. The van der Waals surface area contributed by atoms with E-state index < -0.39 is 0 Å². The number of benzene rings is 2. The number of carbonyl (C=O) groups excluding carboxylic acids is 1. The van der Waals surface area contributed by atoms with Crippen molar-refractivity contribution in [3.05, 3.63) is 69.7 Å². The molecule has 1 fully saturated rings. The molecule has 0 bridgehead atoms. The zero-order valence-corrected chi connectivity index (χ0v) is 21.1. The van der Waals surface area contributed by atoms with Crippen LogP contribution < -0.4 is 15.8 Å². The molecule has 1 aliphatic heterocycles. The van der Waals surface area contributed by atoms with Gasteiger partial charge in [0, 0.05) is 63.3 Å². The highest BCUT2D eigenvalue weighted by Gasteiger charge is 2.18. The molecule has 188 valence electrons. The second-order valence-electron chi connectivity index (χ2n) is 9.15. The van der Waals surface area contributed by atoms with E-state index in [4.69, 9.17) is 11.6 Å². The fourth-order valence-corrected chi connectivity index (χ4v) is 4.99. The van der Waals surface area contributed by atoms with Crippen molar-refractivity contribution in [2.45, 2.75) is 19.3 Å². The molecule has 1 amide bonds. The average Bonchev–Trinajstić information content (AvgIpc) is 3.33. The van der Waals surface area contributed by atoms with Gasteiger partial charge in [-0.2, -0.15) is 0 Å². The number of amides is 1. The Hall–Kier alpha value is -3.43. The van der Waals surface area contributed by atoms with Gasteiger partial charge >= 0.3 is 0 Å². The highest BCUT2D eigenvalue weighted by Crippen LogP contribution is 2.21. The van der Waals surface area contributed by atoms with Gasteiger partial charge in [-0.1, -0.05) is 29.8 Å². The Balaban J connectivity index is 1.08. The maximum absolute atomic E-state index is 12.6. The maximum atomic E-state index is 12.6. The minimum Gasteiger partial charge on any atom is -0.369 e. The number of fused-ring (bicyclic) bond motifs is 3. The fraction of sp³-hybridized carbons (Fsp3) is 0.385. The predicted octanol–water partition coefficient (Wildman–Crippen LogP) is 2.50. The Labute approximate surface area is 214 Å². The molecule has 1 aliphatic rings. The van der Waals surface area contributed by atoms with Crippen LogP contribution in [0.5, 0.6) is 0 Å². The zero-order valence-electron chi connectivity index (χ0n) is 20.4. The molecule has 1 saturated heterocycles. The van der Waals surface area contributed by atoms with Gasteiger partial charge in [-0.25, -0.2) is 0 Å². The lowest BCUT2D eigenvalue weighted by Crippen LogP contribution is -2.47. The summed E-state index contributed by atoms with van der Waals surface area (Å²) in [5.74, 6) is 1.14. The molecule has 36 heavy (non-hydrogen) atoms. The summed E-state index contributed by atoms with van der Waals surface area (Å²) in [5, 5.41) is 12.9. The topological polar surface area (TPSA) is 87.8 Å². The third kappa shape index (κ3) is 5.08. The number of carbonyl (C=O) groups is 1. The summed E-state index contributed by atoms with van der Waals surface area (Å²) in [6.45, 7) is 5.54. The minimum absolute atomic E-state index is 0.00773. The Morgan fingerprint density at radius 1 is 1.06 bits per heavy atom. The van der Waals surface area contributed by atoms with E-state index in [1.165, 1.54) is 10.3 Å². The number of anilines is 1.